The Morgan fingerprint density at radius 3 is 2.62 bits per heavy atom. The second kappa shape index (κ2) is 8.56. The lowest BCUT2D eigenvalue weighted by atomic mass is 10.0. The van der Waals surface area contributed by atoms with Gasteiger partial charge in [-0.05, 0) is 24.3 Å². The third-order valence-corrected chi connectivity index (χ3v) is 5.83. The van der Waals surface area contributed by atoms with Crippen molar-refractivity contribution in [1.82, 2.24) is 30.1 Å². The maximum atomic E-state index is 13.9. The fourth-order valence-electron chi connectivity index (χ4n) is 3.28. The van der Waals surface area contributed by atoms with Gasteiger partial charge in [-0.3, -0.25) is 9.59 Å². The lowest BCUT2D eigenvalue weighted by Crippen LogP contribution is -2.23. The van der Waals surface area contributed by atoms with Crippen LogP contribution in [0.3, 0.4) is 0 Å². The minimum Gasteiger partial charge on any atom is -0.356 e. The summed E-state index contributed by atoms with van der Waals surface area (Å²) in [5, 5.41) is 16.3. The molecule has 0 saturated carbocycles. The molecule has 5 rings (SSSR count). The first-order valence-corrected chi connectivity index (χ1v) is 10.6. The highest BCUT2D eigenvalue weighted by atomic mass is 32.1. The molecule has 0 aliphatic heterocycles. The van der Waals surface area contributed by atoms with Crippen LogP contribution in [0.4, 0.5) is 13.2 Å². The van der Waals surface area contributed by atoms with Crippen LogP contribution >= 0.6 is 11.3 Å². The molecule has 0 radical (unpaired) electrons. The summed E-state index contributed by atoms with van der Waals surface area (Å²) < 4.78 is 42.6. The number of carbonyl (C=O) groups is 2. The maximum absolute atomic E-state index is 13.9. The summed E-state index contributed by atoms with van der Waals surface area (Å²) in [7, 11) is 0. The van der Waals surface area contributed by atoms with Crippen LogP contribution in [0.2, 0.25) is 0 Å². The summed E-state index contributed by atoms with van der Waals surface area (Å²) in [6.07, 6.45) is 2.96. The van der Waals surface area contributed by atoms with Gasteiger partial charge in [-0.15, -0.1) is 10.2 Å². The molecule has 34 heavy (non-hydrogen) atoms. The zero-order valence-electron chi connectivity index (χ0n) is 17.1. The van der Waals surface area contributed by atoms with Gasteiger partial charge in [0, 0.05) is 30.1 Å². The van der Waals surface area contributed by atoms with E-state index in [4.69, 9.17) is 0 Å². The van der Waals surface area contributed by atoms with Gasteiger partial charge in [0.2, 0.25) is 0 Å². The average molecular weight is 482 g/mol. The van der Waals surface area contributed by atoms with Crippen molar-refractivity contribution in [2.75, 3.05) is 0 Å². The molecule has 0 atom stereocenters. The molecule has 0 spiro atoms. The van der Waals surface area contributed by atoms with Crippen molar-refractivity contribution < 1.29 is 22.8 Å². The number of fused-ring (bicyclic) bond motifs is 1. The second-order valence-electron chi connectivity index (χ2n) is 7.16. The zero-order chi connectivity index (χ0) is 23.8. The van der Waals surface area contributed by atoms with Crippen LogP contribution in [0.1, 0.15) is 31.4 Å². The number of amides is 1. The highest BCUT2D eigenvalue weighted by molar-refractivity contribution is 7.14. The second-order valence-corrected chi connectivity index (χ2v) is 8.22. The molecule has 2 N–H and O–H groups in total. The average Bonchev–Trinajstić information content (AvgIpc) is 3.55. The van der Waals surface area contributed by atoms with Crippen LogP contribution in [-0.2, 0) is 6.54 Å². The number of aromatic nitrogens is 5. The van der Waals surface area contributed by atoms with Gasteiger partial charge in [0.05, 0.1) is 17.6 Å². The SMILES string of the molecule is O=C(NCc1nnc(-c2cc3ccccn3n2)s1)c1cc(C(=O)c2c(F)cc(F)cc2F)c[nH]1. The van der Waals surface area contributed by atoms with Gasteiger partial charge in [-0.2, -0.15) is 5.10 Å². The van der Waals surface area contributed by atoms with Crippen LogP contribution in [0, 0.1) is 17.5 Å². The summed E-state index contributed by atoms with van der Waals surface area (Å²) in [4.78, 5) is 27.5. The minimum absolute atomic E-state index is 0.00336. The lowest BCUT2D eigenvalue weighted by Gasteiger charge is -2.03. The quantitative estimate of drug-likeness (QED) is 0.359. The van der Waals surface area contributed by atoms with E-state index < -0.39 is 34.7 Å². The lowest BCUT2D eigenvalue weighted by molar-refractivity contribution is 0.0946. The van der Waals surface area contributed by atoms with Gasteiger partial charge < -0.3 is 10.3 Å². The van der Waals surface area contributed by atoms with Crippen LogP contribution in [0.5, 0.6) is 0 Å². The van der Waals surface area contributed by atoms with Crippen molar-refractivity contribution in [3.8, 4) is 10.7 Å². The first-order chi connectivity index (χ1) is 16.4. The molecule has 4 aromatic heterocycles. The highest BCUT2D eigenvalue weighted by Crippen LogP contribution is 2.24. The standard InChI is InChI=1S/C22H13F3N6O2S/c23-12-6-14(24)19(15(25)7-12)20(32)11-5-16(26-9-11)21(33)27-10-18-28-29-22(34-18)17-8-13-3-1-2-4-31(13)30-17/h1-9,26H,10H2,(H,27,33). The van der Waals surface area contributed by atoms with Crippen molar-refractivity contribution >= 4 is 28.5 Å². The molecule has 0 fully saturated rings. The molecule has 0 unspecified atom stereocenters. The maximum Gasteiger partial charge on any atom is 0.268 e. The molecular weight excluding hydrogens is 469 g/mol. The number of ketones is 1. The third kappa shape index (κ3) is 4.06. The van der Waals surface area contributed by atoms with Gasteiger partial charge in [0.25, 0.3) is 5.91 Å². The molecule has 0 bridgehead atoms. The number of hydrogen-bond acceptors (Lipinski definition) is 6. The Kier molecular flexibility index (Phi) is 5.42. The third-order valence-electron chi connectivity index (χ3n) is 4.88. The molecule has 0 saturated heterocycles. The Morgan fingerprint density at radius 2 is 1.85 bits per heavy atom. The summed E-state index contributed by atoms with van der Waals surface area (Å²) >= 11 is 1.26. The number of pyridine rings is 1. The Labute approximate surface area is 193 Å². The largest absolute Gasteiger partial charge is 0.356 e. The number of carbonyl (C=O) groups excluding carboxylic acids is 2. The van der Waals surface area contributed by atoms with E-state index in [1.165, 1.54) is 11.3 Å². The van der Waals surface area contributed by atoms with Crippen molar-refractivity contribution in [2.24, 2.45) is 0 Å². The van der Waals surface area contributed by atoms with Crippen LogP contribution < -0.4 is 5.32 Å². The first kappa shape index (κ1) is 21.5. The fraction of sp³-hybridized carbons (Fsp3) is 0.0455. The van der Waals surface area contributed by atoms with Crippen LogP contribution in [-0.4, -0.2) is 36.5 Å². The normalized spacial score (nSPS) is 11.1. The Bertz CT molecular complexity index is 1500. The summed E-state index contributed by atoms with van der Waals surface area (Å²) in [5.41, 5.74) is 0.491. The smallest absolute Gasteiger partial charge is 0.268 e. The predicted molar refractivity (Wildman–Crippen MR) is 116 cm³/mol. The molecule has 5 aromatic rings. The van der Waals surface area contributed by atoms with Crippen LogP contribution in [0.15, 0.2) is 54.9 Å². The van der Waals surface area contributed by atoms with Crippen molar-refractivity contribution in [3.05, 3.63) is 94.1 Å². The number of H-pyrrole nitrogens is 1. The summed E-state index contributed by atoms with van der Waals surface area (Å²) in [6, 6.07) is 9.52. The van der Waals surface area contributed by atoms with Gasteiger partial charge in [-0.25, -0.2) is 17.7 Å². The van der Waals surface area contributed by atoms with E-state index in [-0.39, 0.29) is 17.8 Å². The van der Waals surface area contributed by atoms with Crippen LogP contribution in [0.25, 0.3) is 16.2 Å². The minimum atomic E-state index is -1.33. The van der Waals surface area contributed by atoms with E-state index in [2.05, 4.69) is 25.6 Å². The van der Waals surface area contributed by atoms with E-state index in [9.17, 15) is 22.8 Å². The monoisotopic (exact) mass is 482 g/mol. The Balaban J connectivity index is 1.26. The molecule has 1 amide bonds. The number of hydrogen-bond donors (Lipinski definition) is 2. The Morgan fingerprint density at radius 1 is 1.06 bits per heavy atom. The number of nitrogens with one attached hydrogen (secondary N) is 2. The highest BCUT2D eigenvalue weighted by Gasteiger charge is 2.22. The number of nitrogens with zero attached hydrogens (tertiary/aromatic N) is 4. The first-order valence-electron chi connectivity index (χ1n) is 9.82. The van der Waals surface area contributed by atoms with Gasteiger partial charge in [0.15, 0.2) is 10.8 Å². The molecule has 8 nitrogen and oxygen atoms in total. The van der Waals surface area contributed by atoms with Gasteiger partial charge in [-0.1, -0.05) is 17.4 Å². The Hall–Kier alpha value is -4.32. The number of benzene rings is 1. The van der Waals surface area contributed by atoms with Crippen molar-refractivity contribution in [3.63, 3.8) is 0 Å². The number of aromatic amines is 1. The van der Waals surface area contributed by atoms with E-state index in [1.807, 2.05) is 30.5 Å². The summed E-state index contributed by atoms with van der Waals surface area (Å²) in [5.74, 6) is -5.38. The number of halogens is 3. The van der Waals surface area contributed by atoms with E-state index >= 15 is 0 Å². The predicted octanol–water partition coefficient (Wildman–Crippen LogP) is 3.76. The molecule has 12 heteroatoms. The fourth-order valence-corrected chi connectivity index (χ4v) is 4.02. The van der Waals surface area contributed by atoms with E-state index in [0.29, 0.717) is 27.8 Å². The summed E-state index contributed by atoms with van der Waals surface area (Å²) in [6.45, 7) is 0.0629. The van der Waals surface area contributed by atoms with Gasteiger partial charge >= 0.3 is 0 Å². The molecule has 4 heterocycles. The molecule has 0 aliphatic carbocycles. The van der Waals surface area contributed by atoms with Crippen molar-refractivity contribution in [1.29, 1.82) is 0 Å². The molecule has 0 aliphatic rings. The number of rotatable bonds is 6. The van der Waals surface area contributed by atoms with E-state index in [1.54, 1.807) is 4.52 Å². The zero-order valence-corrected chi connectivity index (χ0v) is 17.9. The topological polar surface area (TPSA) is 105 Å². The molecular formula is C22H13F3N6O2S. The van der Waals surface area contributed by atoms with Gasteiger partial charge in [0.1, 0.15) is 33.8 Å². The van der Waals surface area contributed by atoms with E-state index in [0.717, 1.165) is 17.8 Å². The molecule has 1 aromatic carbocycles. The molecule has 170 valence electrons. The van der Waals surface area contributed by atoms with Crippen molar-refractivity contribution in [2.45, 2.75) is 6.54 Å².